The van der Waals surface area contributed by atoms with Crippen molar-refractivity contribution in [3.05, 3.63) is 59.5 Å². The fourth-order valence-corrected chi connectivity index (χ4v) is 3.98. The average molecular weight is 327 g/mol. The van der Waals surface area contributed by atoms with Crippen molar-refractivity contribution in [3.8, 4) is 0 Å². The SMILES string of the molecule is O=C(N[C@@H]1CCSc2ccc(F)cc21)c1n[nH]c2ccccc12. The molecule has 23 heavy (non-hydrogen) atoms. The Hall–Kier alpha value is -2.34. The number of rotatable bonds is 2. The van der Waals surface area contributed by atoms with Crippen LogP contribution in [0, 0.1) is 5.82 Å². The number of fused-ring (bicyclic) bond motifs is 2. The minimum atomic E-state index is -0.282. The van der Waals surface area contributed by atoms with E-state index in [1.807, 2.05) is 24.3 Å². The Bertz CT molecular complexity index is 892. The Morgan fingerprint density at radius 2 is 2.17 bits per heavy atom. The van der Waals surface area contributed by atoms with Crippen molar-refractivity contribution in [2.45, 2.75) is 17.4 Å². The second-order valence-corrected chi connectivity index (χ2v) is 6.60. The zero-order valence-electron chi connectivity index (χ0n) is 12.2. The molecule has 2 N–H and O–H groups in total. The molecule has 0 saturated carbocycles. The van der Waals surface area contributed by atoms with E-state index < -0.39 is 0 Å². The number of hydrogen-bond acceptors (Lipinski definition) is 3. The number of H-pyrrole nitrogens is 1. The van der Waals surface area contributed by atoms with Crippen LogP contribution in [0.4, 0.5) is 4.39 Å². The fraction of sp³-hybridized carbons (Fsp3) is 0.176. The molecule has 4 rings (SSSR count). The van der Waals surface area contributed by atoms with Gasteiger partial charge in [-0.3, -0.25) is 9.89 Å². The zero-order valence-corrected chi connectivity index (χ0v) is 13.0. The van der Waals surface area contributed by atoms with Gasteiger partial charge in [-0.2, -0.15) is 5.10 Å². The lowest BCUT2D eigenvalue weighted by Crippen LogP contribution is -2.31. The van der Waals surface area contributed by atoms with E-state index in [4.69, 9.17) is 0 Å². The molecule has 0 spiro atoms. The van der Waals surface area contributed by atoms with Crippen LogP contribution in [-0.2, 0) is 0 Å². The van der Waals surface area contributed by atoms with Crippen LogP contribution in [0.15, 0.2) is 47.4 Å². The predicted molar refractivity (Wildman–Crippen MR) is 88.0 cm³/mol. The molecule has 2 aromatic carbocycles. The first-order chi connectivity index (χ1) is 11.2. The maximum absolute atomic E-state index is 13.5. The monoisotopic (exact) mass is 327 g/mol. The number of thioether (sulfide) groups is 1. The summed E-state index contributed by atoms with van der Waals surface area (Å²) in [6, 6.07) is 12.0. The van der Waals surface area contributed by atoms with Gasteiger partial charge in [0.05, 0.1) is 11.6 Å². The molecule has 6 heteroatoms. The predicted octanol–water partition coefficient (Wildman–Crippen LogP) is 3.67. The van der Waals surface area contributed by atoms with Gasteiger partial charge < -0.3 is 5.32 Å². The number of para-hydroxylation sites is 1. The van der Waals surface area contributed by atoms with E-state index in [1.54, 1.807) is 17.8 Å². The third kappa shape index (κ3) is 2.59. The van der Waals surface area contributed by atoms with E-state index in [1.165, 1.54) is 12.1 Å². The normalized spacial score (nSPS) is 17.0. The lowest BCUT2D eigenvalue weighted by Gasteiger charge is -2.25. The Morgan fingerprint density at radius 3 is 3.09 bits per heavy atom. The molecule has 1 aromatic heterocycles. The van der Waals surface area contributed by atoms with Crippen molar-refractivity contribution in [2.75, 3.05) is 5.75 Å². The molecule has 0 unspecified atom stereocenters. The largest absolute Gasteiger partial charge is 0.344 e. The van der Waals surface area contributed by atoms with Crippen molar-refractivity contribution in [1.82, 2.24) is 15.5 Å². The number of amides is 1. The van der Waals surface area contributed by atoms with Gasteiger partial charge >= 0.3 is 0 Å². The molecule has 2 heterocycles. The number of aromatic nitrogens is 2. The molecule has 0 fully saturated rings. The van der Waals surface area contributed by atoms with Gasteiger partial charge in [0.1, 0.15) is 5.82 Å². The van der Waals surface area contributed by atoms with Crippen molar-refractivity contribution in [3.63, 3.8) is 0 Å². The van der Waals surface area contributed by atoms with Crippen LogP contribution in [0.1, 0.15) is 28.5 Å². The molecule has 116 valence electrons. The fourth-order valence-electron chi connectivity index (χ4n) is 2.88. The highest BCUT2D eigenvalue weighted by molar-refractivity contribution is 7.99. The Balaban J connectivity index is 1.64. The maximum atomic E-state index is 13.5. The smallest absolute Gasteiger partial charge is 0.272 e. The van der Waals surface area contributed by atoms with Crippen molar-refractivity contribution in [2.24, 2.45) is 0 Å². The summed E-state index contributed by atoms with van der Waals surface area (Å²) in [7, 11) is 0. The Kier molecular flexibility index (Phi) is 3.53. The highest BCUT2D eigenvalue weighted by Crippen LogP contribution is 2.36. The third-order valence-corrected chi connectivity index (χ3v) is 5.12. The molecule has 0 radical (unpaired) electrons. The standard InChI is InChI=1S/C17H14FN3OS/c18-10-5-6-15-12(9-10)13(7-8-23-15)19-17(22)16-11-3-1-2-4-14(11)20-21-16/h1-6,9,13H,7-8H2,(H,19,22)(H,20,21)/t13-/m1/s1. The number of carbonyl (C=O) groups is 1. The first-order valence-corrected chi connectivity index (χ1v) is 8.37. The number of aromatic amines is 1. The Morgan fingerprint density at radius 1 is 1.30 bits per heavy atom. The number of benzene rings is 2. The lowest BCUT2D eigenvalue weighted by atomic mass is 10.0. The molecule has 0 bridgehead atoms. The summed E-state index contributed by atoms with van der Waals surface area (Å²) < 4.78 is 13.5. The molecule has 1 amide bonds. The molecular formula is C17H14FN3OS. The number of carbonyl (C=O) groups excluding carboxylic acids is 1. The molecule has 0 aliphatic carbocycles. The Labute approximate surface area is 136 Å². The van der Waals surface area contributed by atoms with E-state index in [0.29, 0.717) is 5.69 Å². The summed E-state index contributed by atoms with van der Waals surface area (Å²) in [4.78, 5) is 13.6. The number of nitrogens with zero attached hydrogens (tertiary/aromatic N) is 1. The summed E-state index contributed by atoms with van der Waals surface area (Å²) in [6.45, 7) is 0. The molecular weight excluding hydrogens is 313 g/mol. The number of nitrogens with one attached hydrogen (secondary N) is 2. The van der Waals surface area contributed by atoms with Gasteiger partial charge in [-0.05, 0) is 36.2 Å². The molecule has 1 aliphatic rings. The van der Waals surface area contributed by atoms with Crippen LogP contribution in [0.5, 0.6) is 0 Å². The molecule has 1 atom stereocenters. The molecule has 3 aromatic rings. The maximum Gasteiger partial charge on any atom is 0.272 e. The van der Waals surface area contributed by atoms with Gasteiger partial charge in [0.15, 0.2) is 5.69 Å². The summed E-state index contributed by atoms with van der Waals surface area (Å²) in [5, 5.41) is 10.8. The van der Waals surface area contributed by atoms with Crippen molar-refractivity contribution in [1.29, 1.82) is 0 Å². The van der Waals surface area contributed by atoms with Crippen LogP contribution in [0.25, 0.3) is 10.9 Å². The first-order valence-electron chi connectivity index (χ1n) is 7.38. The highest BCUT2D eigenvalue weighted by Gasteiger charge is 2.24. The van der Waals surface area contributed by atoms with Gasteiger partial charge in [-0.25, -0.2) is 4.39 Å². The third-order valence-electron chi connectivity index (χ3n) is 4.00. The van der Waals surface area contributed by atoms with Crippen molar-refractivity contribution < 1.29 is 9.18 Å². The van der Waals surface area contributed by atoms with E-state index in [-0.39, 0.29) is 17.8 Å². The minimum Gasteiger partial charge on any atom is -0.344 e. The second kappa shape index (κ2) is 5.70. The topological polar surface area (TPSA) is 57.8 Å². The van der Waals surface area contributed by atoms with E-state index in [2.05, 4.69) is 15.5 Å². The van der Waals surface area contributed by atoms with Gasteiger partial charge in [0.2, 0.25) is 0 Å². The zero-order chi connectivity index (χ0) is 15.8. The van der Waals surface area contributed by atoms with Crippen LogP contribution in [0.3, 0.4) is 0 Å². The van der Waals surface area contributed by atoms with Gasteiger partial charge in [0.25, 0.3) is 5.91 Å². The van der Waals surface area contributed by atoms with Crippen LogP contribution in [-0.4, -0.2) is 21.9 Å². The molecule has 1 aliphatic heterocycles. The van der Waals surface area contributed by atoms with Gasteiger partial charge in [-0.1, -0.05) is 18.2 Å². The summed E-state index contributed by atoms with van der Waals surface area (Å²) in [5.41, 5.74) is 2.04. The van der Waals surface area contributed by atoms with E-state index in [9.17, 15) is 9.18 Å². The lowest BCUT2D eigenvalue weighted by molar-refractivity contribution is 0.0931. The van der Waals surface area contributed by atoms with E-state index in [0.717, 1.165) is 33.5 Å². The number of halogens is 1. The number of hydrogen-bond donors (Lipinski definition) is 2. The van der Waals surface area contributed by atoms with Crippen LogP contribution >= 0.6 is 11.8 Å². The van der Waals surface area contributed by atoms with Gasteiger partial charge in [0, 0.05) is 16.0 Å². The average Bonchev–Trinajstić information content (AvgIpc) is 2.99. The summed E-state index contributed by atoms with van der Waals surface area (Å²) in [6.07, 6.45) is 0.773. The first kappa shape index (κ1) is 14.3. The minimum absolute atomic E-state index is 0.190. The second-order valence-electron chi connectivity index (χ2n) is 5.46. The highest BCUT2D eigenvalue weighted by atomic mass is 32.2. The summed E-state index contributed by atoms with van der Waals surface area (Å²) >= 11 is 1.69. The van der Waals surface area contributed by atoms with Crippen molar-refractivity contribution >= 4 is 28.6 Å². The van der Waals surface area contributed by atoms with Crippen LogP contribution < -0.4 is 5.32 Å². The molecule has 0 saturated heterocycles. The quantitative estimate of drug-likeness (QED) is 0.755. The molecule has 4 nitrogen and oxygen atoms in total. The van der Waals surface area contributed by atoms with E-state index >= 15 is 0 Å². The summed E-state index contributed by atoms with van der Waals surface area (Å²) in [5.74, 6) is 0.371. The van der Waals surface area contributed by atoms with Crippen LogP contribution in [0.2, 0.25) is 0 Å². The van der Waals surface area contributed by atoms with Gasteiger partial charge in [-0.15, -0.1) is 11.8 Å².